The number of ketones is 1. The van der Waals surface area contributed by atoms with Crippen LogP contribution in [0.15, 0.2) is 38.8 Å². The minimum atomic E-state index is -0.921. The zero-order valence-corrected chi connectivity index (χ0v) is 15.5. The Kier molecular flexibility index (Phi) is 6.27. The molecule has 2 aromatic rings. The van der Waals surface area contributed by atoms with Crippen molar-refractivity contribution in [3.05, 3.63) is 55.7 Å². The minimum absolute atomic E-state index is 0.289. The summed E-state index contributed by atoms with van der Waals surface area (Å²) in [6.07, 6.45) is 0. The van der Waals surface area contributed by atoms with Gasteiger partial charge in [-0.25, -0.2) is 4.79 Å². The van der Waals surface area contributed by atoms with E-state index in [1.165, 1.54) is 18.8 Å². The number of hydrogen-bond acceptors (Lipinski definition) is 7. The number of aromatic amines is 1. The first-order valence-electron chi connectivity index (χ1n) is 7.41. The summed E-state index contributed by atoms with van der Waals surface area (Å²) < 4.78 is 5.89. The molecular weight excluding hydrogens is 382 g/mol. The third-order valence-corrected chi connectivity index (χ3v) is 4.79. The Balaban J connectivity index is 2.02. The van der Waals surface area contributed by atoms with E-state index in [9.17, 15) is 19.2 Å². The van der Waals surface area contributed by atoms with Crippen molar-refractivity contribution in [2.45, 2.75) is 17.1 Å². The SMILES string of the molecule is C[C@@H](Sc1ccc(Cl)cc1)C(=O)OCC(=O)c1c(N)n(C)c(=O)[nH]c1=O. The van der Waals surface area contributed by atoms with Crippen LogP contribution in [0.4, 0.5) is 5.82 Å². The van der Waals surface area contributed by atoms with Crippen molar-refractivity contribution in [1.29, 1.82) is 0 Å². The van der Waals surface area contributed by atoms with Gasteiger partial charge in [0.05, 0.1) is 0 Å². The van der Waals surface area contributed by atoms with Crippen LogP contribution in [0.1, 0.15) is 17.3 Å². The summed E-state index contributed by atoms with van der Waals surface area (Å²) in [4.78, 5) is 50.2. The number of H-pyrrole nitrogens is 1. The van der Waals surface area contributed by atoms with E-state index in [0.29, 0.717) is 5.02 Å². The highest BCUT2D eigenvalue weighted by Crippen LogP contribution is 2.25. The first-order chi connectivity index (χ1) is 12.2. The first-order valence-corrected chi connectivity index (χ1v) is 8.67. The van der Waals surface area contributed by atoms with Gasteiger partial charge in [0, 0.05) is 17.0 Å². The Morgan fingerprint density at radius 3 is 2.54 bits per heavy atom. The van der Waals surface area contributed by atoms with Crippen LogP contribution in [0, 0.1) is 0 Å². The second-order valence-corrected chi connectivity index (χ2v) is 7.17. The van der Waals surface area contributed by atoms with Crippen LogP contribution in [-0.4, -0.2) is 33.2 Å². The normalized spacial score (nSPS) is 11.8. The van der Waals surface area contributed by atoms with Gasteiger partial charge >= 0.3 is 11.7 Å². The molecule has 0 fully saturated rings. The highest BCUT2D eigenvalue weighted by molar-refractivity contribution is 8.00. The van der Waals surface area contributed by atoms with E-state index >= 15 is 0 Å². The smallest absolute Gasteiger partial charge is 0.329 e. The summed E-state index contributed by atoms with van der Waals surface area (Å²) in [6.45, 7) is 0.968. The molecule has 1 aromatic carbocycles. The van der Waals surface area contributed by atoms with E-state index in [1.54, 1.807) is 31.2 Å². The number of carbonyl (C=O) groups excluding carboxylic acids is 2. The number of anilines is 1. The highest BCUT2D eigenvalue weighted by atomic mass is 35.5. The molecule has 0 spiro atoms. The van der Waals surface area contributed by atoms with Crippen molar-refractivity contribution >= 4 is 40.9 Å². The number of benzene rings is 1. The minimum Gasteiger partial charge on any atom is -0.456 e. The summed E-state index contributed by atoms with van der Waals surface area (Å²) in [5.41, 5.74) is 3.55. The Labute approximate surface area is 157 Å². The molecular formula is C16H16ClN3O5S. The maximum atomic E-state index is 12.2. The summed E-state index contributed by atoms with van der Waals surface area (Å²) in [5.74, 6) is -1.71. The van der Waals surface area contributed by atoms with Crippen LogP contribution in [0.5, 0.6) is 0 Å². The largest absolute Gasteiger partial charge is 0.456 e. The Hall–Kier alpha value is -2.52. The van der Waals surface area contributed by atoms with Crippen molar-refractivity contribution < 1.29 is 14.3 Å². The molecule has 1 atom stereocenters. The van der Waals surface area contributed by atoms with Gasteiger partial charge < -0.3 is 10.5 Å². The van der Waals surface area contributed by atoms with Crippen molar-refractivity contribution in [2.24, 2.45) is 7.05 Å². The van der Waals surface area contributed by atoms with Gasteiger partial charge in [0.25, 0.3) is 5.56 Å². The van der Waals surface area contributed by atoms with E-state index in [0.717, 1.165) is 9.46 Å². The number of nitrogens with zero attached hydrogens (tertiary/aromatic N) is 1. The topological polar surface area (TPSA) is 124 Å². The highest BCUT2D eigenvalue weighted by Gasteiger charge is 2.22. The number of nitrogens with two attached hydrogens (primary N) is 1. The average Bonchev–Trinajstić information content (AvgIpc) is 2.59. The number of rotatable bonds is 6. The molecule has 0 unspecified atom stereocenters. The summed E-state index contributed by atoms with van der Waals surface area (Å²) in [6, 6.07) is 6.90. The second-order valence-electron chi connectivity index (χ2n) is 5.32. The maximum Gasteiger partial charge on any atom is 0.329 e. The van der Waals surface area contributed by atoms with Gasteiger partial charge in [-0.05, 0) is 31.2 Å². The molecule has 0 saturated carbocycles. The number of Topliss-reactive ketones (excluding diaryl/α,β-unsaturated/α-hetero) is 1. The fraction of sp³-hybridized carbons (Fsp3) is 0.250. The van der Waals surface area contributed by atoms with Gasteiger partial charge in [-0.15, -0.1) is 11.8 Å². The van der Waals surface area contributed by atoms with E-state index < -0.39 is 40.4 Å². The van der Waals surface area contributed by atoms with Gasteiger partial charge in [0.1, 0.15) is 16.6 Å². The molecule has 0 saturated heterocycles. The second kappa shape index (κ2) is 8.24. The zero-order chi connectivity index (χ0) is 19.4. The average molecular weight is 398 g/mol. The van der Waals surface area contributed by atoms with Crippen LogP contribution in [-0.2, 0) is 16.6 Å². The van der Waals surface area contributed by atoms with E-state index in [-0.39, 0.29) is 5.82 Å². The lowest BCUT2D eigenvalue weighted by atomic mass is 10.2. The number of nitrogens with one attached hydrogen (secondary N) is 1. The molecule has 2 rings (SSSR count). The molecule has 0 bridgehead atoms. The zero-order valence-electron chi connectivity index (χ0n) is 13.9. The molecule has 0 aliphatic heterocycles. The van der Waals surface area contributed by atoms with Gasteiger partial charge in [-0.1, -0.05) is 11.6 Å². The summed E-state index contributed by atoms with van der Waals surface area (Å²) >= 11 is 7.04. The molecule has 1 aromatic heterocycles. The molecule has 138 valence electrons. The quantitative estimate of drug-likeness (QED) is 0.426. The Morgan fingerprint density at radius 1 is 1.31 bits per heavy atom. The maximum absolute atomic E-state index is 12.2. The number of aromatic nitrogens is 2. The van der Waals surface area contributed by atoms with Crippen molar-refractivity contribution in [3.8, 4) is 0 Å². The standard InChI is InChI=1S/C16H16ClN3O5S/c1-8(26-10-5-3-9(17)4-6-10)15(23)25-7-11(21)12-13(18)20(2)16(24)19-14(12)22/h3-6,8H,7,18H2,1-2H3,(H,19,22,24)/t8-/m1/s1. The summed E-state index contributed by atoms with van der Waals surface area (Å²) in [5, 5.41) is -0.00464. The molecule has 3 N–H and O–H groups in total. The predicted octanol–water partition coefficient (Wildman–Crippen LogP) is 1.22. The van der Waals surface area contributed by atoms with Crippen molar-refractivity contribution in [1.82, 2.24) is 9.55 Å². The number of thioether (sulfide) groups is 1. The Morgan fingerprint density at radius 2 is 1.92 bits per heavy atom. The van der Waals surface area contributed by atoms with E-state index in [1.807, 2.05) is 4.98 Å². The van der Waals surface area contributed by atoms with Crippen LogP contribution < -0.4 is 17.0 Å². The fourth-order valence-electron chi connectivity index (χ4n) is 2.00. The van der Waals surface area contributed by atoms with Crippen LogP contribution >= 0.6 is 23.4 Å². The Bertz CT molecular complexity index is 952. The van der Waals surface area contributed by atoms with Crippen LogP contribution in [0.25, 0.3) is 0 Å². The van der Waals surface area contributed by atoms with Crippen LogP contribution in [0.2, 0.25) is 5.02 Å². The lowest BCUT2D eigenvalue weighted by Gasteiger charge is -2.12. The van der Waals surface area contributed by atoms with Crippen LogP contribution in [0.3, 0.4) is 0 Å². The molecule has 0 aliphatic carbocycles. The first kappa shape index (κ1) is 19.8. The van der Waals surface area contributed by atoms with Gasteiger partial charge in [-0.2, -0.15) is 0 Å². The van der Waals surface area contributed by atoms with Gasteiger partial charge in [0.15, 0.2) is 6.61 Å². The monoisotopic (exact) mass is 397 g/mol. The van der Waals surface area contributed by atoms with E-state index in [4.69, 9.17) is 22.1 Å². The lowest BCUT2D eigenvalue weighted by Crippen LogP contribution is -2.36. The fourth-order valence-corrected chi connectivity index (χ4v) is 2.99. The molecule has 8 nitrogen and oxygen atoms in total. The number of carbonyl (C=O) groups is 2. The summed E-state index contributed by atoms with van der Waals surface area (Å²) in [7, 11) is 1.31. The lowest BCUT2D eigenvalue weighted by molar-refractivity contribution is -0.141. The molecule has 0 amide bonds. The van der Waals surface area contributed by atoms with Crippen molar-refractivity contribution in [3.63, 3.8) is 0 Å². The number of halogens is 1. The third kappa shape index (κ3) is 4.55. The van der Waals surface area contributed by atoms with Gasteiger partial charge in [-0.3, -0.25) is 23.9 Å². The molecule has 10 heteroatoms. The number of nitrogen functional groups attached to an aromatic ring is 1. The number of ether oxygens (including phenoxy) is 1. The molecule has 26 heavy (non-hydrogen) atoms. The third-order valence-electron chi connectivity index (χ3n) is 3.45. The van der Waals surface area contributed by atoms with E-state index in [2.05, 4.69) is 0 Å². The van der Waals surface area contributed by atoms with Gasteiger partial charge in [0.2, 0.25) is 5.78 Å². The number of esters is 1. The predicted molar refractivity (Wildman–Crippen MR) is 98.8 cm³/mol. The van der Waals surface area contributed by atoms with Crippen molar-refractivity contribution in [2.75, 3.05) is 12.3 Å². The molecule has 0 aliphatic rings. The molecule has 1 heterocycles. The molecule has 0 radical (unpaired) electrons. The number of hydrogen-bond donors (Lipinski definition) is 2.